The van der Waals surface area contributed by atoms with Gasteiger partial charge in [0, 0.05) is 0 Å². The van der Waals surface area contributed by atoms with E-state index in [9.17, 15) is 0 Å². The lowest BCUT2D eigenvalue weighted by molar-refractivity contribution is 0.760. The fraction of sp³-hybridized carbons (Fsp3) is 0.111. The summed E-state index contributed by atoms with van der Waals surface area (Å²) >= 11 is 5.54. The highest BCUT2D eigenvalue weighted by atomic mass is 32.1. The predicted octanol–water partition coefficient (Wildman–Crippen LogP) is 4.24. The van der Waals surface area contributed by atoms with Crippen molar-refractivity contribution in [3.05, 3.63) is 76.7 Å². The van der Waals surface area contributed by atoms with Crippen molar-refractivity contribution in [2.75, 3.05) is 0 Å². The first-order valence-corrected chi connectivity index (χ1v) is 7.92. The Morgan fingerprint density at radius 3 is 2.35 bits per heavy atom. The van der Waals surface area contributed by atoms with Crippen LogP contribution in [0, 0.1) is 11.7 Å². The Morgan fingerprint density at radius 2 is 1.65 bits per heavy atom. The first-order chi connectivity index (χ1) is 11.2. The Bertz CT molecular complexity index is 1010. The van der Waals surface area contributed by atoms with Gasteiger partial charge in [-0.25, -0.2) is 4.68 Å². The Labute approximate surface area is 139 Å². The van der Waals surface area contributed by atoms with Crippen LogP contribution in [0.25, 0.3) is 16.9 Å². The number of hydrogen-bond acceptors (Lipinski definition) is 2. The zero-order chi connectivity index (χ0) is 15.8. The lowest BCUT2D eigenvalue weighted by Crippen LogP contribution is -2.05. The minimum Gasteiger partial charge on any atom is -0.328 e. The molecule has 2 aromatic heterocycles. The molecule has 0 fully saturated rings. The van der Waals surface area contributed by atoms with Gasteiger partial charge in [0.05, 0.1) is 17.9 Å². The number of aromatic amines is 1. The van der Waals surface area contributed by atoms with Crippen LogP contribution in [-0.2, 0) is 6.54 Å². The summed E-state index contributed by atoms with van der Waals surface area (Å²) in [5, 5.41) is 4.68. The largest absolute Gasteiger partial charge is 0.328 e. The summed E-state index contributed by atoms with van der Waals surface area (Å²) in [5.41, 5.74) is 5.18. The maximum absolute atomic E-state index is 5.54. The summed E-state index contributed by atoms with van der Waals surface area (Å²) in [5.74, 6) is 0. The zero-order valence-electron chi connectivity index (χ0n) is 12.7. The van der Waals surface area contributed by atoms with Crippen LogP contribution in [0.4, 0.5) is 0 Å². The van der Waals surface area contributed by atoms with Crippen molar-refractivity contribution in [1.82, 2.24) is 19.3 Å². The van der Waals surface area contributed by atoms with E-state index in [2.05, 4.69) is 38.9 Å². The van der Waals surface area contributed by atoms with E-state index in [4.69, 9.17) is 12.2 Å². The number of hydrogen-bond donors (Lipinski definition) is 1. The highest BCUT2D eigenvalue weighted by Crippen LogP contribution is 2.22. The average molecular weight is 320 g/mol. The van der Waals surface area contributed by atoms with Crippen molar-refractivity contribution in [3.63, 3.8) is 0 Å². The number of aryl methyl sites for hydroxylation is 1. The molecule has 2 heterocycles. The predicted molar refractivity (Wildman–Crippen MR) is 94.5 cm³/mol. The SMILES string of the molecule is Cc1nn(-c2ccccc2)c2c1[nH]c(=S)n2Cc1ccccc1. The van der Waals surface area contributed by atoms with E-state index in [1.54, 1.807) is 0 Å². The topological polar surface area (TPSA) is 38.5 Å². The second-order valence-corrected chi connectivity index (χ2v) is 5.92. The Morgan fingerprint density at radius 1 is 1.00 bits per heavy atom. The molecule has 0 aliphatic rings. The van der Waals surface area contributed by atoms with E-state index in [0.29, 0.717) is 4.77 Å². The maximum atomic E-state index is 5.54. The van der Waals surface area contributed by atoms with E-state index in [1.807, 2.05) is 48.0 Å². The Kier molecular flexibility index (Phi) is 3.35. The van der Waals surface area contributed by atoms with E-state index in [0.717, 1.165) is 29.1 Å². The molecule has 0 aliphatic heterocycles. The van der Waals surface area contributed by atoms with Gasteiger partial charge in [0.25, 0.3) is 0 Å². The van der Waals surface area contributed by atoms with Crippen molar-refractivity contribution in [3.8, 4) is 5.69 Å². The molecule has 0 amide bonds. The minimum atomic E-state index is 0.717. The molecule has 2 aromatic carbocycles. The van der Waals surface area contributed by atoms with Crippen molar-refractivity contribution in [2.45, 2.75) is 13.5 Å². The molecular formula is C18H16N4S. The first kappa shape index (κ1) is 14.0. The molecule has 4 rings (SSSR count). The first-order valence-electron chi connectivity index (χ1n) is 7.51. The fourth-order valence-corrected chi connectivity index (χ4v) is 3.10. The van der Waals surface area contributed by atoms with Gasteiger partial charge in [0.1, 0.15) is 5.52 Å². The van der Waals surface area contributed by atoms with E-state index in [1.165, 1.54) is 5.56 Å². The molecule has 0 radical (unpaired) electrons. The quantitative estimate of drug-likeness (QED) is 0.573. The summed E-state index contributed by atoms with van der Waals surface area (Å²) in [6.45, 7) is 2.72. The molecule has 0 saturated carbocycles. The van der Waals surface area contributed by atoms with Crippen LogP contribution in [0.1, 0.15) is 11.3 Å². The highest BCUT2D eigenvalue weighted by molar-refractivity contribution is 7.71. The van der Waals surface area contributed by atoms with Crippen molar-refractivity contribution in [1.29, 1.82) is 0 Å². The summed E-state index contributed by atoms with van der Waals surface area (Å²) in [7, 11) is 0. The summed E-state index contributed by atoms with van der Waals surface area (Å²) in [4.78, 5) is 3.30. The van der Waals surface area contributed by atoms with Crippen molar-refractivity contribution >= 4 is 23.4 Å². The maximum Gasteiger partial charge on any atom is 0.179 e. The Hall–Kier alpha value is -2.66. The van der Waals surface area contributed by atoms with Crippen molar-refractivity contribution in [2.24, 2.45) is 0 Å². The number of para-hydroxylation sites is 1. The number of nitrogens with zero attached hydrogens (tertiary/aromatic N) is 3. The van der Waals surface area contributed by atoms with E-state index >= 15 is 0 Å². The number of aromatic nitrogens is 4. The van der Waals surface area contributed by atoms with Gasteiger partial charge >= 0.3 is 0 Å². The summed E-state index contributed by atoms with van der Waals surface area (Å²) in [6.07, 6.45) is 0. The van der Waals surface area contributed by atoms with Crippen LogP contribution < -0.4 is 0 Å². The summed E-state index contributed by atoms with van der Waals surface area (Å²) < 4.78 is 4.78. The third kappa shape index (κ3) is 2.39. The van der Waals surface area contributed by atoms with Crippen LogP contribution in [0.15, 0.2) is 60.7 Å². The molecule has 0 bridgehead atoms. The third-order valence-electron chi connectivity index (χ3n) is 3.95. The molecule has 4 nitrogen and oxygen atoms in total. The number of rotatable bonds is 3. The molecule has 0 aliphatic carbocycles. The third-order valence-corrected chi connectivity index (χ3v) is 4.28. The van der Waals surface area contributed by atoms with E-state index < -0.39 is 0 Å². The molecule has 23 heavy (non-hydrogen) atoms. The molecule has 5 heteroatoms. The standard InChI is InChI=1S/C18H16N4S/c1-13-16-17(22(20-13)15-10-6-3-7-11-15)21(18(23)19-16)12-14-8-4-2-5-9-14/h2-11H,12H2,1H3,(H,19,23). The normalized spacial score (nSPS) is 11.2. The second kappa shape index (κ2) is 5.52. The second-order valence-electron chi connectivity index (χ2n) is 5.53. The Balaban J connectivity index is 1.94. The average Bonchev–Trinajstić information content (AvgIpc) is 3.07. The van der Waals surface area contributed by atoms with Gasteiger partial charge in [-0.15, -0.1) is 0 Å². The molecular weight excluding hydrogens is 304 g/mol. The van der Waals surface area contributed by atoms with Crippen LogP contribution in [0.3, 0.4) is 0 Å². The van der Waals surface area contributed by atoms with Gasteiger partial charge in [-0.2, -0.15) is 5.10 Å². The molecule has 114 valence electrons. The number of nitrogens with one attached hydrogen (secondary N) is 1. The van der Waals surface area contributed by atoms with Gasteiger partial charge in [-0.05, 0) is 36.8 Å². The summed E-state index contributed by atoms with van der Waals surface area (Å²) in [6, 6.07) is 20.5. The van der Waals surface area contributed by atoms with Gasteiger partial charge in [-0.3, -0.25) is 4.57 Å². The van der Waals surface area contributed by atoms with Crippen LogP contribution >= 0.6 is 12.2 Å². The molecule has 0 unspecified atom stereocenters. The number of imidazole rings is 1. The van der Waals surface area contributed by atoms with Crippen LogP contribution in [0.2, 0.25) is 0 Å². The van der Waals surface area contributed by atoms with Gasteiger partial charge in [0.2, 0.25) is 0 Å². The number of benzene rings is 2. The van der Waals surface area contributed by atoms with Gasteiger partial charge in [0.15, 0.2) is 10.4 Å². The lowest BCUT2D eigenvalue weighted by atomic mass is 10.2. The number of fused-ring (bicyclic) bond motifs is 1. The van der Waals surface area contributed by atoms with Gasteiger partial charge < -0.3 is 4.98 Å². The molecule has 1 N–H and O–H groups in total. The zero-order valence-corrected chi connectivity index (χ0v) is 13.5. The molecule has 4 aromatic rings. The van der Waals surface area contributed by atoms with Gasteiger partial charge in [-0.1, -0.05) is 48.5 Å². The van der Waals surface area contributed by atoms with Crippen LogP contribution in [-0.4, -0.2) is 19.3 Å². The smallest absolute Gasteiger partial charge is 0.179 e. The molecule has 0 spiro atoms. The molecule has 0 atom stereocenters. The lowest BCUT2D eigenvalue weighted by Gasteiger charge is -2.08. The fourth-order valence-electron chi connectivity index (χ4n) is 2.84. The monoisotopic (exact) mass is 320 g/mol. The minimum absolute atomic E-state index is 0.717. The number of H-pyrrole nitrogens is 1. The van der Waals surface area contributed by atoms with Crippen LogP contribution in [0.5, 0.6) is 0 Å². The molecule has 0 saturated heterocycles. The van der Waals surface area contributed by atoms with E-state index in [-0.39, 0.29) is 0 Å². The van der Waals surface area contributed by atoms with Crippen molar-refractivity contribution < 1.29 is 0 Å². The highest BCUT2D eigenvalue weighted by Gasteiger charge is 2.15.